The van der Waals surface area contributed by atoms with Crippen LogP contribution in [0.2, 0.25) is 0 Å². The Balaban J connectivity index is 1.83. The van der Waals surface area contributed by atoms with Gasteiger partial charge in [0.25, 0.3) is 0 Å². The van der Waals surface area contributed by atoms with Crippen LogP contribution in [0.3, 0.4) is 0 Å². The third-order valence-corrected chi connectivity index (χ3v) is 4.61. The molecule has 1 atom stereocenters. The van der Waals surface area contributed by atoms with Crippen LogP contribution in [0.25, 0.3) is 11.4 Å². The predicted molar refractivity (Wildman–Crippen MR) is 77.2 cm³/mol. The number of nitrogens with one attached hydrogen (secondary N) is 1. The average Bonchev–Trinajstić information content (AvgIpc) is 2.96. The van der Waals surface area contributed by atoms with Crippen molar-refractivity contribution in [3.05, 3.63) is 14.3 Å². The van der Waals surface area contributed by atoms with Gasteiger partial charge in [0.1, 0.15) is 0 Å². The molecule has 5 nitrogen and oxygen atoms in total. The maximum Gasteiger partial charge on any atom is 0.245 e. The van der Waals surface area contributed by atoms with E-state index in [4.69, 9.17) is 5.73 Å². The van der Waals surface area contributed by atoms with Gasteiger partial charge in [0.2, 0.25) is 5.95 Å². The second kappa shape index (κ2) is 4.54. The van der Waals surface area contributed by atoms with Crippen molar-refractivity contribution in [3.63, 3.8) is 0 Å². The first-order valence-electron chi connectivity index (χ1n) is 5.40. The van der Waals surface area contributed by atoms with E-state index in [1.54, 1.807) is 11.3 Å². The molecule has 1 aliphatic heterocycles. The van der Waals surface area contributed by atoms with E-state index in [0.717, 1.165) is 36.8 Å². The summed E-state index contributed by atoms with van der Waals surface area (Å²) in [5, 5.41) is 9.33. The second-order valence-electron chi connectivity index (χ2n) is 4.12. The Bertz CT molecular complexity index is 522. The van der Waals surface area contributed by atoms with E-state index in [0.29, 0.717) is 0 Å². The van der Waals surface area contributed by atoms with Gasteiger partial charge in [-0.05, 0) is 35.1 Å². The van der Waals surface area contributed by atoms with Crippen LogP contribution in [0.15, 0.2) is 11.4 Å². The van der Waals surface area contributed by atoms with Gasteiger partial charge in [0.05, 0.1) is 2.88 Å². The molecule has 3 heterocycles. The van der Waals surface area contributed by atoms with Crippen LogP contribution in [-0.4, -0.2) is 34.3 Å². The number of thiophene rings is 1. The zero-order chi connectivity index (χ0) is 11.8. The Hall–Kier alpha value is -0.670. The zero-order valence-electron chi connectivity index (χ0n) is 9.06. The molecule has 0 spiro atoms. The van der Waals surface area contributed by atoms with Crippen LogP contribution in [0.1, 0.15) is 6.42 Å². The number of aromatic nitrogens is 3. The molecule has 0 aromatic carbocycles. The molecule has 0 radical (unpaired) electrons. The fourth-order valence-corrected chi connectivity index (χ4v) is 3.26. The highest BCUT2D eigenvalue weighted by Gasteiger charge is 2.22. The van der Waals surface area contributed by atoms with Gasteiger partial charge in [0, 0.05) is 30.1 Å². The first-order chi connectivity index (χ1) is 8.22. The van der Waals surface area contributed by atoms with Gasteiger partial charge in [0.15, 0.2) is 5.82 Å². The summed E-state index contributed by atoms with van der Waals surface area (Å²) >= 11 is 4.01. The number of hydrogen-bond donors (Lipinski definition) is 2. The van der Waals surface area contributed by atoms with Crippen LogP contribution in [0, 0.1) is 2.88 Å². The first-order valence-corrected chi connectivity index (χ1v) is 7.35. The van der Waals surface area contributed by atoms with E-state index in [1.165, 1.54) is 2.88 Å². The van der Waals surface area contributed by atoms with Crippen LogP contribution < -0.4 is 10.6 Å². The average molecular weight is 361 g/mol. The molecule has 3 N–H and O–H groups in total. The zero-order valence-corrected chi connectivity index (χ0v) is 12.0. The van der Waals surface area contributed by atoms with Crippen molar-refractivity contribution in [2.45, 2.75) is 12.5 Å². The minimum absolute atomic E-state index is 0.249. The molecule has 1 fully saturated rings. The van der Waals surface area contributed by atoms with Crippen LogP contribution in [0.5, 0.6) is 0 Å². The van der Waals surface area contributed by atoms with Crippen molar-refractivity contribution in [2.75, 3.05) is 18.0 Å². The highest BCUT2D eigenvalue weighted by molar-refractivity contribution is 14.1. The van der Waals surface area contributed by atoms with Crippen molar-refractivity contribution < 1.29 is 0 Å². The minimum atomic E-state index is 0.249. The Morgan fingerprint density at radius 2 is 2.47 bits per heavy atom. The molecule has 0 bridgehead atoms. The summed E-state index contributed by atoms with van der Waals surface area (Å²) in [6.07, 6.45) is 1.01. The molecule has 90 valence electrons. The molecular weight excluding hydrogens is 349 g/mol. The lowest BCUT2D eigenvalue weighted by Crippen LogP contribution is -2.26. The lowest BCUT2D eigenvalue weighted by Gasteiger charge is -2.11. The van der Waals surface area contributed by atoms with Gasteiger partial charge < -0.3 is 10.6 Å². The fraction of sp³-hybridized carbons (Fsp3) is 0.400. The van der Waals surface area contributed by atoms with Crippen LogP contribution in [0.4, 0.5) is 5.95 Å². The Kier molecular flexibility index (Phi) is 3.05. The fourth-order valence-electron chi connectivity index (χ4n) is 1.93. The monoisotopic (exact) mass is 361 g/mol. The van der Waals surface area contributed by atoms with Gasteiger partial charge >= 0.3 is 0 Å². The quantitative estimate of drug-likeness (QED) is 0.799. The van der Waals surface area contributed by atoms with Crippen molar-refractivity contribution >= 4 is 39.9 Å². The summed E-state index contributed by atoms with van der Waals surface area (Å²) in [5.74, 6) is 1.59. The molecule has 0 saturated carbocycles. The lowest BCUT2D eigenvalue weighted by molar-refractivity contribution is 0.750. The third kappa shape index (κ3) is 2.31. The number of aromatic amines is 1. The number of halogens is 1. The Morgan fingerprint density at radius 1 is 1.59 bits per heavy atom. The van der Waals surface area contributed by atoms with Gasteiger partial charge in [-0.25, -0.2) is 0 Å². The van der Waals surface area contributed by atoms with E-state index >= 15 is 0 Å². The highest BCUT2D eigenvalue weighted by Crippen LogP contribution is 2.25. The molecule has 1 saturated heterocycles. The summed E-state index contributed by atoms with van der Waals surface area (Å²) in [6.45, 7) is 1.79. The minimum Gasteiger partial charge on any atom is -0.338 e. The molecular formula is C10H12IN5S. The maximum absolute atomic E-state index is 5.88. The van der Waals surface area contributed by atoms with E-state index < -0.39 is 0 Å². The molecule has 0 amide bonds. The number of nitrogens with two attached hydrogens (primary N) is 1. The summed E-state index contributed by atoms with van der Waals surface area (Å²) in [6, 6.07) is 2.35. The smallest absolute Gasteiger partial charge is 0.245 e. The van der Waals surface area contributed by atoms with Gasteiger partial charge in [-0.2, -0.15) is 4.98 Å². The highest BCUT2D eigenvalue weighted by atomic mass is 127. The molecule has 7 heteroatoms. The van der Waals surface area contributed by atoms with E-state index in [-0.39, 0.29) is 6.04 Å². The van der Waals surface area contributed by atoms with Crippen molar-refractivity contribution in [3.8, 4) is 11.4 Å². The topological polar surface area (TPSA) is 70.8 Å². The standard InChI is InChI=1S/C10H12IN5S/c11-8-3-6(5-17-8)9-13-10(15-14-9)16-2-1-7(12)4-16/h3,5,7H,1-2,4,12H2,(H,13,14,15). The summed E-state index contributed by atoms with van der Waals surface area (Å²) in [5.41, 5.74) is 6.98. The van der Waals surface area contributed by atoms with E-state index in [1.807, 2.05) is 0 Å². The predicted octanol–water partition coefficient (Wildman–Crippen LogP) is 1.68. The van der Waals surface area contributed by atoms with Crippen LogP contribution >= 0.6 is 33.9 Å². The van der Waals surface area contributed by atoms with Crippen molar-refractivity contribution in [2.24, 2.45) is 5.73 Å². The number of H-pyrrole nitrogens is 1. The summed E-state index contributed by atoms with van der Waals surface area (Å²) in [4.78, 5) is 6.64. The molecule has 1 unspecified atom stereocenters. The summed E-state index contributed by atoms with van der Waals surface area (Å²) in [7, 11) is 0. The lowest BCUT2D eigenvalue weighted by atomic mass is 10.3. The first kappa shape index (κ1) is 11.4. The molecule has 2 aromatic heterocycles. The SMILES string of the molecule is NC1CCN(c2n[nH]c(-c3csc(I)c3)n2)C1. The number of hydrogen-bond acceptors (Lipinski definition) is 5. The van der Waals surface area contributed by atoms with E-state index in [9.17, 15) is 0 Å². The van der Waals surface area contributed by atoms with Gasteiger partial charge in [-0.15, -0.1) is 16.4 Å². The van der Waals surface area contributed by atoms with Gasteiger partial charge in [-0.3, -0.25) is 5.10 Å². The molecule has 1 aliphatic rings. The van der Waals surface area contributed by atoms with Crippen molar-refractivity contribution in [1.82, 2.24) is 15.2 Å². The third-order valence-electron chi connectivity index (χ3n) is 2.82. The Labute approximate surface area is 117 Å². The van der Waals surface area contributed by atoms with Crippen molar-refractivity contribution in [1.29, 1.82) is 0 Å². The summed E-state index contributed by atoms with van der Waals surface area (Å²) < 4.78 is 1.25. The maximum atomic E-state index is 5.88. The normalized spacial score (nSPS) is 20.1. The number of anilines is 1. The number of rotatable bonds is 2. The van der Waals surface area contributed by atoms with Gasteiger partial charge in [-0.1, -0.05) is 0 Å². The largest absolute Gasteiger partial charge is 0.338 e. The second-order valence-corrected chi connectivity index (χ2v) is 6.92. The van der Waals surface area contributed by atoms with Crippen LogP contribution in [-0.2, 0) is 0 Å². The molecule has 2 aromatic rings. The molecule has 17 heavy (non-hydrogen) atoms. The molecule has 0 aliphatic carbocycles. The van der Waals surface area contributed by atoms with E-state index in [2.05, 4.69) is 54.1 Å². The Morgan fingerprint density at radius 3 is 3.12 bits per heavy atom. The molecule has 3 rings (SSSR count). The number of nitrogens with zero attached hydrogens (tertiary/aromatic N) is 3.